The number of nitrogens with zero attached hydrogens (tertiary/aromatic N) is 1. The van der Waals surface area contributed by atoms with Gasteiger partial charge in [-0.3, -0.25) is 4.79 Å². The molecule has 152 valence electrons. The number of carbonyl (C=O) groups excluding carboxylic acids is 1. The quantitative estimate of drug-likeness (QED) is 0.574. The van der Waals surface area contributed by atoms with Gasteiger partial charge >= 0.3 is 6.61 Å². The number of rotatable bonds is 7. The highest BCUT2D eigenvalue weighted by molar-refractivity contribution is 5.95. The highest BCUT2D eigenvalue weighted by Gasteiger charge is 2.17. The SMILES string of the molecule is COc1ccc2cc(CN(C)C(=O)c3ccc(OC(F)F)c(OC)c3)ccc2c1. The zero-order valence-corrected chi connectivity index (χ0v) is 16.3. The van der Waals surface area contributed by atoms with E-state index < -0.39 is 6.61 Å². The third-order valence-corrected chi connectivity index (χ3v) is 4.50. The van der Waals surface area contributed by atoms with Crippen molar-refractivity contribution in [1.82, 2.24) is 4.90 Å². The van der Waals surface area contributed by atoms with Crippen molar-refractivity contribution in [3.8, 4) is 17.2 Å². The van der Waals surface area contributed by atoms with Crippen molar-refractivity contribution in [2.45, 2.75) is 13.2 Å². The second-order valence-electron chi connectivity index (χ2n) is 6.45. The summed E-state index contributed by atoms with van der Waals surface area (Å²) in [4.78, 5) is 14.3. The summed E-state index contributed by atoms with van der Waals surface area (Å²) in [5.74, 6) is 0.475. The Morgan fingerprint density at radius 1 is 0.931 bits per heavy atom. The summed E-state index contributed by atoms with van der Waals surface area (Å²) in [6, 6.07) is 15.9. The molecule has 0 unspecified atom stereocenters. The first kappa shape index (κ1) is 20.4. The lowest BCUT2D eigenvalue weighted by Gasteiger charge is -2.19. The first-order chi connectivity index (χ1) is 13.9. The van der Waals surface area contributed by atoms with Crippen molar-refractivity contribution in [3.63, 3.8) is 0 Å². The van der Waals surface area contributed by atoms with E-state index in [1.165, 1.54) is 25.3 Å². The van der Waals surface area contributed by atoms with E-state index in [9.17, 15) is 13.6 Å². The van der Waals surface area contributed by atoms with E-state index in [1.807, 2.05) is 36.4 Å². The lowest BCUT2D eigenvalue weighted by Crippen LogP contribution is -2.26. The van der Waals surface area contributed by atoms with Crippen LogP contribution in [0.4, 0.5) is 8.78 Å². The van der Waals surface area contributed by atoms with Crippen LogP contribution in [0.25, 0.3) is 10.8 Å². The Balaban J connectivity index is 1.77. The van der Waals surface area contributed by atoms with E-state index in [4.69, 9.17) is 9.47 Å². The average molecular weight is 401 g/mol. The summed E-state index contributed by atoms with van der Waals surface area (Å²) in [6.07, 6.45) is 0. The molecule has 0 spiro atoms. The topological polar surface area (TPSA) is 48.0 Å². The van der Waals surface area contributed by atoms with Gasteiger partial charge < -0.3 is 19.1 Å². The molecular weight excluding hydrogens is 380 g/mol. The largest absolute Gasteiger partial charge is 0.497 e. The van der Waals surface area contributed by atoms with E-state index >= 15 is 0 Å². The normalized spacial score (nSPS) is 10.8. The minimum absolute atomic E-state index is 0.0733. The van der Waals surface area contributed by atoms with Gasteiger partial charge in [-0.05, 0) is 52.7 Å². The van der Waals surface area contributed by atoms with Gasteiger partial charge in [0.2, 0.25) is 0 Å². The Bertz CT molecular complexity index is 1020. The van der Waals surface area contributed by atoms with Crippen molar-refractivity contribution < 1.29 is 27.8 Å². The zero-order valence-electron chi connectivity index (χ0n) is 16.3. The fourth-order valence-corrected chi connectivity index (χ4v) is 3.06. The first-order valence-electron chi connectivity index (χ1n) is 8.86. The highest BCUT2D eigenvalue weighted by atomic mass is 19.3. The molecule has 0 aliphatic rings. The maximum Gasteiger partial charge on any atom is 0.387 e. The Kier molecular flexibility index (Phi) is 6.16. The van der Waals surface area contributed by atoms with Gasteiger partial charge in [0, 0.05) is 19.2 Å². The van der Waals surface area contributed by atoms with Gasteiger partial charge in [-0.2, -0.15) is 8.78 Å². The van der Waals surface area contributed by atoms with Gasteiger partial charge in [0.05, 0.1) is 14.2 Å². The number of methoxy groups -OCH3 is 2. The molecule has 3 rings (SSSR count). The number of amides is 1. The molecule has 7 heteroatoms. The van der Waals surface area contributed by atoms with E-state index in [0.717, 1.165) is 22.1 Å². The molecule has 0 heterocycles. The number of fused-ring (bicyclic) bond motifs is 1. The summed E-state index contributed by atoms with van der Waals surface area (Å²) in [5.41, 5.74) is 1.28. The van der Waals surface area contributed by atoms with Crippen molar-refractivity contribution in [2.24, 2.45) is 0 Å². The van der Waals surface area contributed by atoms with Crippen LogP contribution in [0.1, 0.15) is 15.9 Å². The summed E-state index contributed by atoms with van der Waals surface area (Å²) >= 11 is 0. The average Bonchev–Trinajstić information content (AvgIpc) is 2.72. The fraction of sp³-hybridized carbons (Fsp3) is 0.227. The number of alkyl halides is 2. The Morgan fingerprint density at radius 2 is 1.66 bits per heavy atom. The molecule has 0 saturated carbocycles. The van der Waals surface area contributed by atoms with Crippen LogP contribution in [0.2, 0.25) is 0 Å². The van der Waals surface area contributed by atoms with Gasteiger partial charge in [0.1, 0.15) is 5.75 Å². The summed E-state index contributed by atoms with van der Waals surface area (Å²) in [5, 5.41) is 2.08. The van der Waals surface area contributed by atoms with Gasteiger partial charge in [-0.15, -0.1) is 0 Å². The predicted octanol–water partition coefficient (Wildman–Crippen LogP) is 4.73. The van der Waals surface area contributed by atoms with Crippen LogP contribution in [0.5, 0.6) is 17.2 Å². The number of halogens is 2. The molecule has 0 aromatic heterocycles. The smallest absolute Gasteiger partial charge is 0.387 e. The second kappa shape index (κ2) is 8.77. The zero-order chi connectivity index (χ0) is 21.0. The lowest BCUT2D eigenvalue weighted by atomic mass is 10.1. The number of ether oxygens (including phenoxy) is 3. The molecule has 0 aliphatic carbocycles. The summed E-state index contributed by atoms with van der Waals surface area (Å²) < 4.78 is 39.6. The van der Waals surface area contributed by atoms with Crippen molar-refractivity contribution in [3.05, 3.63) is 65.7 Å². The maximum absolute atomic E-state index is 12.8. The van der Waals surface area contributed by atoms with E-state index in [0.29, 0.717) is 12.1 Å². The minimum Gasteiger partial charge on any atom is -0.497 e. The fourth-order valence-electron chi connectivity index (χ4n) is 3.06. The second-order valence-corrected chi connectivity index (χ2v) is 6.45. The highest BCUT2D eigenvalue weighted by Crippen LogP contribution is 2.30. The first-order valence-corrected chi connectivity index (χ1v) is 8.86. The molecule has 0 bridgehead atoms. The third-order valence-electron chi connectivity index (χ3n) is 4.50. The third kappa shape index (κ3) is 4.74. The summed E-state index contributed by atoms with van der Waals surface area (Å²) in [7, 11) is 4.63. The van der Waals surface area contributed by atoms with Crippen LogP contribution in [0, 0.1) is 0 Å². The van der Waals surface area contributed by atoms with E-state index in [2.05, 4.69) is 4.74 Å². The van der Waals surface area contributed by atoms with Gasteiger partial charge in [-0.25, -0.2) is 0 Å². The molecule has 3 aromatic carbocycles. The number of hydrogen-bond acceptors (Lipinski definition) is 4. The lowest BCUT2D eigenvalue weighted by molar-refractivity contribution is -0.0512. The standard InChI is InChI=1S/C22H21F2NO4/c1-25(13-14-4-5-16-11-18(27-2)8-6-15(16)10-14)21(26)17-7-9-19(29-22(23)24)20(12-17)28-3/h4-12,22H,13H2,1-3H3. The van der Waals surface area contributed by atoms with Crippen LogP contribution in [-0.4, -0.2) is 38.7 Å². The Hall–Kier alpha value is -3.35. The molecule has 0 aliphatic heterocycles. The van der Waals surface area contributed by atoms with Gasteiger partial charge in [0.15, 0.2) is 11.5 Å². The van der Waals surface area contributed by atoms with E-state index in [-0.39, 0.29) is 17.4 Å². The molecular formula is C22H21F2NO4. The molecule has 0 fully saturated rings. The maximum atomic E-state index is 12.8. The number of carbonyl (C=O) groups is 1. The van der Waals surface area contributed by atoms with E-state index in [1.54, 1.807) is 19.1 Å². The van der Waals surface area contributed by atoms with Crippen LogP contribution in [-0.2, 0) is 6.54 Å². The molecule has 0 radical (unpaired) electrons. The molecule has 0 saturated heterocycles. The van der Waals surface area contributed by atoms with Crippen molar-refractivity contribution in [1.29, 1.82) is 0 Å². The van der Waals surface area contributed by atoms with Crippen molar-refractivity contribution in [2.75, 3.05) is 21.3 Å². The van der Waals surface area contributed by atoms with Gasteiger partial charge in [-0.1, -0.05) is 18.2 Å². The molecule has 29 heavy (non-hydrogen) atoms. The van der Waals surface area contributed by atoms with Gasteiger partial charge in [0.25, 0.3) is 5.91 Å². The van der Waals surface area contributed by atoms with Crippen LogP contribution in [0.3, 0.4) is 0 Å². The minimum atomic E-state index is -2.97. The monoisotopic (exact) mass is 401 g/mol. The Morgan fingerprint density at radius 3 is 2.34 bits per heavy atom. The van der Waals surface area contributed by atoms with Crippen molar-refractivity contribution >= 4 is 16.7 Å². The molecule has 0 N–H and O–H groups in total. The molecule has 0 atom stereocenters. The molecule has 1 amide bonds. The number of benzene rings is 3. The molecule has 5 nitrogen and oxygen atoms in total. The Labute approximate surface area is 167 Å². The molecule has 3 aromatic rings. The predicted molar refractivity (Wildman–Crippen MR) is 106 cm³/mol. The van der Waals surface area contributed by atoms with Crippen LogP contribution < -0.4 is 14.2 Å². The van der Waals surface area contributed by atoms with Crippen LogP contribution in [0.15, 0.2) is 54.6 Å². The summed E-state index contributed by atoms with van der Waals surface area (Å²) in [6.45, 7) is -2.58. The van der Waals surface area contributed by atoms with Crippen LogP contribution >= 0.6 is 0 Å². The number of hydrogen-bond donors (Lipinski definition) is 0.